The number of methoxy groups -OCH3 is 3. The number of nitrogens with zero attached hydrogens (tertiary/aromatic N) is 2. The van der Waals surface area contributed by atoms with Gasteiger partial charge in [-0.2, -0.15) is 0 Å². The van der Waals surface area contributed by atoms with Crippen LogP contribution in [0.15, 0.2) is 53.2 Å². The molecule has 0 radical (unpaired) electrons. The lowest BCUT2D eigenvalue weighted by molar-refractivity contribution is -0.180. The molecule has 128 valence electrons. The first kappa shape index (κ1) is 17.2. The molecule has 1 heterocycles. The molecule has 0 saturated heterocycles. The second kappa shape index (κ2) is 7.91. The van der Waals surface area contributed by atoms with Crippen molar-refractivity contribution in [2.75, 3.05) is 21.3 Å². The maximum atomic E-state index is 12.1. The van der Waals surface area contributed by atoms with E-state index in [1.165, 1.54) is 27.4 Å². The molecule has 0 aromatic heterocycles. The Morgan fingerprint density at radius 1 is 1.12 bits per heavy atom. The summed E-state index contributed by atoms with van der Waals surface area (Å²) < 4.78 is 15.0. The number of allylic oxidation sites excluding steroid dienone is 1. The normalized spacial score (nSPS) is 14.6. The summed E-state index contributed by atoms with van der Waals surface area (Å²) in [7, 11) is 4.21. The highest BCUT2D eigenvalue weighted by molar-refractivity contribution is 5.95. The van der Waals surface area contributed by atoms with Crippen molar-refractivity contribution in [3.05, 3.63) is 53.6 Å². The molecule has 1 aromatic carbocycles. The van der Waals surface area contributed by atoms with Crippen molar-refractivity contribution in [2.45, 2.75) is 6.92 Å². The van der Waals surface area contributed by atoms with Crippen molar-refractivity contribution in [3.8, 4) is 0 Å². The highest BCUT2D eigenvalue weighted by atomic mass is 16.8. The molecule has 8 heteroatoms. The predicted octanol–water partition coefficient (Wildman–Crippen LogP) is 1.79. The van der Waals surface area contributed by atoms with Gasteiger partial charge in [0.1, 0.15) is 0 Å². The molecule has 1 aromatic rings. The van der Waals surface area contributed by atoms with Gasteiger partial charge in [-0.25, -0.2) is 10.2 Å². The molecule has 0 saturated carbocycles. The van der Waals surface area contributed by atoms with Gasteiger partial charge in [0.25, 0.3) is 0 Å². The van der Waals surface area contributed by atoms with Gasteiger partial charge in [0.05, 0.1) is 27.4 Å². The van der Waals surface area contributed by atoms with Crippen molar-refractivity contribution in [1.29, 1.82) is 0 Å². The third-order valence-electron chi connectivity index (χ3n) is 3.17. The smallest absolute Gasteiger partial charge is 0.377 e. The standard InChI is InChI=1S/C16H19N3O5/c1-11(12-8-6-5-7-9-12)15(16(20)23-4)24-19-17-13(21-2)10-14(18-19)22-3/h5-10,17H,1-4H3. The van der Waals surface area contributed by atoms with Crippen LogP contribution in [-0.4, -0.2) is 38.5 Å². The van der Waals surface area contributed by atoms with Crippen LogP contribution in [0, 0.1) is 0 Å². The second-order valence-corrected chi connectivity index (χ2v) is 4.64. The van der Waals surface area contributed by atoms with E-state index in [1.54, 1.807) is 6.92 Å². The van der Waals surface area contributed by atoms with E-state index < -0.39 is 5.97 Å². The molecule has 0 bridgehead atoms. The van der Waals surface area contributed by atoms with Crippen molar-refractivity contribution >= 4 is 17.4 Å². The van der Waals surface area contributed by atoms with Crippen molar-refractivity contribution in [2.24, 2.45) is 5.10 Å². The molecule has 2 rings (SSSR count). The van der Waals surface area contributed by atoms with E-state index in [2.05, 4.69) is 10.5 Å². The summed E-state index contributed by atoms with van der Waals surface area (Å²) in [6.07, 6.45) is 1.53. The average molecular weight is 333 g/mol. The van der Waals surface area contributed by atoms with E-state index in [1.807, 2.05) is 30.3 Å². The van der Waals surface area contributed by atoms with Crippen LogP contribution >= 0.6 is 0 Å². The van der Waals surface area contributed by atoms with Crippen molar-refractivity contribution < 1.29 is 23.8 Å². The SMILES string of the molecule is COC(=O)C(ON1N=C(OC)C=C(OC)N1)=C(C)c1ccccc1. The minimum Gasteiger partial charge on any atom is -0.481 e. The Hall–Kier alpha value is -3.16. The van der Waals surface area contributed by atoms with Gasteiger partial charge >= 0.3 is 5.97 Å². The lowest BCUT2D eigenvalue weighted by Gasteiger charge is -2.25. The maximum Gasteiger partial charge on any atom is 0.377 e. The van der Waals surface area contributed by atoms with Gasteiger partial charge in [0.2, 0.25) is 17.5 Å². The van der Waals surface area contributed by atoms with Crippen LogP contribution < -0.4 is 5.43 Å². The molecule has 0 spiro atoms. The third kappa shape index (κ3) is 3.97. The zero-order chi connectivity index (χ0) is 17.5. The summed E-state index contributed by atoms with van der Waals surface area (Å²) in [6.45, 7) is 1.75. The third-order valence-corrected chi connectivity index (χ3v) is 3.17. The summed E-state index contributed by atoms with van der Waals surface area (Å²) in [6, 6.07) is 9.32. The van der Waals surface area contributed by atoms with E-state index in [-0.39, 0.29) is 11.7 Å². The molecule has 1 N–H and O–H groups in total. The van der Waals surface area contributed by atoms with E-state index >= 15 is 0 Å². The topological polar surface area (TPSA) is 81.6 Å². The molecule has 24 heavy (non-hydrogen) atoms. The van der Waals surface area contributed by atoms with E-state index in [9.17, 15) is 4.79 Å². The number of ether oxygens (including phenoxy) is 3. The van der Waals surface area contributed by atoms with Crippen LogP contribution in [0.5, 0.6) is 0 Å². The maximum absolute atomic E-state index is 12.1. The van der Waals surface area contributed by atoms with Gasteiger partial charge < -0.3 is 19.0 Å². The number of hydrogen-bond acceptors (Lipinski definition) is 8. The number of hydrazone groups is 1. The number of esters is 1. The predicted molar refractivity (Wildman–Crippen MR) is 86.6 cm³/mol. The van der Waals surface area contributed by atoms with Gasteiger partial charge in [-0.05, 0) is 17.8 Å². The molecular weight excluding hydrogens is 314 g/mol. The lowest BCUT2D eigenvalue weighted by Crippen LogP contribution is -2.39. The summed E-state index contributed by atoms with van der Waals surface area (Å²) in [4.78, 5) is 17.7. The van der Waals surface area contributed by atoms with Crippen LogP contribution in [0.4, 0.5) is 0 Å². The molecule has 0 atom stereocenters. The first-order valence-corrected chi connectivity index (χ1v) is 7.06. The Morgan fingerprint density at radius 2 is 1.83 bits per heavy atom. The van der Waals surface area contributed by atoms with Crippen LogP contribution in [0.1, 0.15) is 12.5 Å². The molecule has 0 amide bonds. The molecule has 1 aliphatic rings. The molecular formula is C16H19N3O5. The molecule has 0 fully saturated rings. The molecule has 8 nitrogen and oxygen atoms in total. The number of hydrazine groups is 1. The summed E-state index contributed by atoms with van der Waals surface area (Å²) in [5, 5.41) is 5.00. The Kier molecular flexibility index (Phi) is 5.67. The van der Waals surface area contributed by atoms with Gasteiger partial charge in [-0.1, -0.05) is 35.4 Å². The second-order valence-electron chi connectivity index (χ2n) is 4.64. The average Bonchev–Trinajstić information content (AvgIpc) is 2.65. The monoisotopic (exact) mass is 333 g/mol. The van der Waals surface area contributed by atoms with Gasteiger partial charge in [-0.15, -0.1) is 0 Å². The number of carbonyl (C=O) groups is 1. The van der Waals surface area contributed by atoms with Gasteiger partial charge in [0, 0.05) is 5.57 Å². The first-order chi connectivity index (χ1) is 11.6. The Bertz CT molecular complexity index is 682. The minimum absolute atomic E-state index is 0.0206. The summed E-state index contributed by atoms with van der Waals surface area (Å²) >= 11 is 0. The number of nitrogens with one attached hydrogen (secondary N) is 1. The lowest BCUT2D eigenvalue weighted by atomic mass is 10.1. The summed E-state index contributed by atoms with van der Waals surface area (Å²) in [5.74, 6) is -0.0794. The van der Waals surface area contributed by atoms with Crippen LogP contribution in [0.3, 0.4) is 0 Å². The number of carbonyl (C=O) groups excluding carboxylic acids is 1. The molecule has 1 aliphatic heterocycles. The molecule has 0 unspecified atom stereocenters. The highest BCUT2D eigenvalue weighted by Gasteiger charge is 2.23. The molecule has 0 aliphatic carbocycles. The fourth-order valence-electron chi connectivity index (χ4n) is 1.89. The fraction of sp³-hybridized carbons (Fsp3) is 0.250. The van der Waals surface area contributed by atoms with E-state index in [0.717, 1.165) is 10.8 Å². The van der Waals surface area contributed by atoms with Crippen molar-refractivity contribution in [1.82, 2.24) is 10.7 Å². The van der Waals surface area contributed by atoms with Crippen LogP contribution in [0.2, 0.25) is 0 Å². The van der Waals surface area contributed by atoms with Crippen LogP contribution in [-0.2, 0) is 23.8 Å². The summed E-state index contributed by atoms with van der Waals surface area (Å²) in [5.41, 5.74) is 4.13. The minimum atomic E-state index is -0.638. The largest absolute Gasteiger partial charge is 0.481 e. The van der Waals surface area contributed by atoms with Crippen LogP contribution in [0.25, 0.3) is 5.57 Å². The fourth-order valence-corrected chi connectivity index (χ4v) is 1.89. The van der Waals surface area contributed by atoms with E-state index in [0.29, 0.717) is 11.5 Å². The number of benzene rings is 1. The Morgan fingerprint density at radius 3 is 2.42 bits per heavy atom. The van der Waals surface area contributed by atoms with Gasteiger partial charge in [0.15, 0.2) is 0 Å². The zero-order valence-electron chi connectivity index (χ0n) is 13.9. The first-order valence-electron chi connectivity index (χ1n) is 7.06. The van der Waals surface area contributed by atoms with Gasteiger partial charge in [-0.3, -0.25) is 0 Å². The van der Waals surface area contributed by atoms with Crippen molar-refractivity contribution in [3.63, 3.8) is 0 Å². The number of rotatable bonds is 5. The highest BCUT2D eigenvalue weighted by Crippen LogP contribution is 2.21. The number of hydrogen-bond donors (Lipinski definition) is 1. The Labute approximate surface area is 139 Å². The Balaban J connectivity index is 2.32. The van der Waals surface area contributed by atoms with E-state index in [4.69, 9.17) is 19.0 Å². The quantitative estimate of drug-likeness (QED) is 0.500. The zero-order valence-corrected chi connectivity index (χ0v) is 13.9.